The van der Waals surface area contributed by atoms with Crippen LogP contribution in [0.25, 0.3) is 0 Å². The molecule has 1 aromatic rings. The number of carboxylic acids is 1. The third-order valence-corrected chi connectivity index (χ3v) is 4.37. The third-order valence-electron chi connectivity index (χ3n) is 4.37. The van der Waals surface area contributed by atoms with E-state index in [0.29, 0.717) is 6.42 Å². The van der Waals surface area contributed by atoms with Crippen LogP contribution in [0, 0.1) is 5.92 Å². The van der Waals surface area contributed by atoms with Crippen LogP contribution in [-0.2, 0) is 16.0 Å². The van der Waals surface area contributed by atoms with E-state index in [-0.39, 0.29) is 11.8 Å². The molecule has 22 heavy (non-hydrogen) atoms. The zero-order valence-corrected chi connectivity index (χ0v) is 13.0. The summed E-state index contributed by atoms with van der Waals surface area (Å²) in [5.41, 5.74) is 0.924. The van der Waals surface area contributed by atoms with Gasteiger partial charge in [-0.25, -0.2) is 4.79 Å². The summed E-state index contributed by atoms with van der Waals surface area (Å²) in [6, 6.07) is 8.58. The second-order valence-electron chi connectivity index (χ2n) is 6.13. The largest absolute Gasteiger partial charge is 0.480 e. The number of carboxylic acid groups (broad SMARTS) is 1. The van der Waals surface area contributed by atoms with Crippen molar-refractivity contribution in [2.24, 2.45) is 5.92 Å². The molecule has 0 saturated heterocycles. The van der Waals surface area contributed by atoms with Crippen molar-refractivity contribution in [2.75, 3.05) is 0 Å². The zero-order valence-electron chi connectivity index (χ0n) is 13.0. The van der Waals surface area contributed by atoms with Gasteiger partial charge in [0.1, 0.15) is 6.04 Å². The molecule has 120 valence electrons. The maximum Gasteiger partial charge on any atom is 0.326 e. The molecule has 1 fully saturated rings. The average molecular weight is 303 g/mol. The van der Waals surface area contributed by atoms with Crippen LogP contribution in [0.5, 0.6) is 0 Å². The van der Waals surface area contributed by atoms with E-state index in [9.17, 15) is 14.7 Å². The summed E-state index contributed by atoms with van der Waals surface area (Å²) in [6.07, 6.45) is 7.82. The van der Waals surface area contributed by atoms with Crippen LogP contribution >= 0.6 is 0 Å². The Morgan fingerprint density at radius 1 is 1.05 bits per heavy atom. The van der Waals surface area contributed by atoms with Gasteiger partial charge < -0.3 is 10.4 Å². The van der Waals surface area contributed by atoms with E-state index in [1.165, 1.54) is 19.3 Å². The molecule has 1 atom stereocenters. The van der Waals surface area contributed by atoms with Gasteiger partial charge in [0.05, 0.1) is 0 Å². The third kappa shape index (κ3) is 5.17. The highest BCUT2D eigenvalue weighted by Crippen LogP contribution is 2.22. The van der Waals surface area contributed by atoms with Crippen molar-refractivity contribution in [3.8, 4) is 0 Å². The van der Waals surface area contributed by atoms with Crippen molar-refractivity contribution in [3.05, 3.63) is 35.9 Å². The maximum atomic E-state index is 12.4. The maximum absolute atomic E-state index is 12.4. The fourth-order valence-electron chi connectivity index (χ4n) is 3.06. The number of hydrogen-bond donors (Lipinski definition) is 2. The highest BCUT2D eigenvalue weighted by atomic mass is 16.4. The molecule has 1 aliphatic carbocycles. The molecule has 0 radical (unpaired) electrons. The van der Waals surface area contributed by atoms with Gasteiger partial charge in [-0.15, -0.1) is 0 Å². The summed E-state index contributed by atoms with van der Waals surface area (Å²) in [5.74, 6) is -1.09. The number of benzene rings is 1. The number of aliphatic carboxylic acids is 1. The van der Waals surface area contributed by atoms with Crippen LogP contribution in [0.15, 0.2) is 30.3 Å². The minimum absolute atomic E-state index is 0.0297. The van der Waals surface area contributed by atoms with Gasteiger partial charge in [0.15, 0.2) is 0 Å². The SMILES string of the molecule is O=C(N[C@@H](Cc1ccccc1)C(=O)O)C1CCCCCCC1. The lowest BCUT2D eigenvalue weighted by molar-refractivity contribution is -0.142. The first-order valence-corrected chi connectivity index (χ1v) is 8.24. The molecule has 2 rings (SSSR count). The van der Waals surface area contributed by atoms with Crippen molar-refractivity contribution < 1.29 is 14.7 Å². The Labute approximate surface area is 131 Å². The quantitative estimate of drug-likeness (QED) is 0.878. The minimum Gasteiger partial charge on any atom is -0.480 e. The van der Waals surface area contributed by atoms with Gasteiger partial charge in [-0.1, -0.05) is 62.4 Å². The van der Waals surface area contributed by atoms with Gasteiger partial charge in [-0.3, -0.25) is 4.79 Å². The van der Waals surface area contributed by atoms with E-state index in [4.69, 9.17) is 0 Å². The second kappa shape index (κ2) is 8.57. The monoisotopic (exact) mass is 303 g/mol. The van der Waals surface area contributed by atoms with Gasteiger partial charge in [0.2, 0.25) is 5.91 Å². The Balaban J connectivity index is 1.94. The predicted molar refractivity (Wildman–Crippen MR) is 85.5 cm³/mol. The lowest BCUT2D eigenvalue weighted by Gasteiger charge is -2.22. The van der Waals surface area contributed by atoms with Crippen LogP contribution in [0.3, 0.4) is 0 Å². The van der Waals surface area contributed by atoms with Crippen LogP contribution < -0.4 is 5.32 Å². The summed E-state index contributed by atoms with van der Waals surface area (Å²) in [4.78, 5) is 23.8. The van der Waals surface area contributed by atoms with E-state index in [0.717, 1.165) is 31.2 Å². The Hall–Kier alpha value is -1.84. The number of hydrogen-bond acceptors (Lipinski definition) is 2. The molecule has 1 amide bonds. The van der Waals surface area contributed by atoms with Crippen molar-refractivity contribution in [1.82, 2.24) is 5.32 Å². The van der Waals surface area contributed by atoms with E-state index in [1.54, 1.807) is 0 Å². The van der Waals surface area contributed by atoms with E-state index in [2.05, 4.69) is 5.32 Å². The van der Waals surface area contributed by atoms with Crippen LogP contribution in [0.2, 0.25) is 0 Å². The van der Waals surface area contributed by atoms with Crippen molar-refractivity contribution in [2.45, 2.75) is 57.4 Å². The molecule has 0 unspecified atom stereocenters. The molecule has 0 heterocycles. The molecule has 0 bridgehead atoms. The molecule has 0 spiro atoms. The smallest absolute Gasteiger partial charge is 0.326 e. The van der Waals surface area contributed by atoms with Gasteiger partial charge in [0.25, 0.3) is 0 Å². The molecule has 1 aliphatic rings. The predicted octanol–water partition coefficient (Wildman–Crippen LogP) is 3.16. The first kappa shape index (κ1) is 16.5. The first-order chi connectivity index (χ1) is 10.7. The van der Waals surface area contributed by atoms with Crippen LogP contribution in [0.4, 0.5) is 0 Å². The Morgan fingerprint density at radius 3 is 2.23 bits per heavy atom. The van der Waals surface area contributed by atoms with Gasteiger partial charge in [0, 0.05) is 12.3 Å². The lowest BCUT2D eigenvalue weighted by Crippen LogP contribution is -2.45. The van der Waals surface area contributed by atoms with E-state index in [1.807, 2.05) is 30.3 Å². The Kier molecular flexibility index (Phi) is 6.44. The molecule has 0 aliphatic heterocycles. The molecule has 4 nitrogen and oxygen atoms in total. The first-order valence-electron chi connectivity index (χ1n) is 8.24. The van der Waals surface area contributed by atoms with Crippen molar-refractivity contribution >= 4 is 11.9 Å². The summed E-state index contributed by atoms with van der Waals surface area (Å²) < 4.78 is 0. The highest BCUT2D eigenvalue weighted by Gasteiger charge is 2.25. The van der Waals surface area contributed by atoms with E-state index >= 15 is 0 Å². The summed E-state index contributed by atoms with van der Waals surface area (Å²) in [7, 11) is 0. The fourth-order valence-corrected chi connectivity index (χ4v) is 3.06. The number of carbonyl (C=O) groups is 2. The molecule has 0 aromatic heterocycles. The number of nitrogens with one attached hydrogen (secondary N) is 1. The summed E-state index contributed by atoms with van der Waals surface area (Å²) in [6.45, 7) is 0. The van der Waals surface area contributed by atoms with Crippen LogP contribution in [-0.4, -0.2) is 23.0 Å². The zero-order chi connectivity index (χ0) is 15.8. The Morgan fingerprint density at radius 2 is 1.64 bits per heavy atom. The standard InChI is InChI=1S/C18H25NO3/c20-17(15-11-7-2-1-3-8-12-15)19-16(18(21)22)13-14-9-5-4-6-10-14/h4-6,9-10,15-16H,1-3,7-8,11-13H2,(H,19,20)(H,21,22)/t16-/m0/s1. The molecular weight excluding hydrogens is 278 g/mol. The normalized spacial score (nSPS) is 18.0. The molecular formula is C18H25NO3. The molecule has 1 saturated carbocycles. The number of amides is 1. The molecule has 1 aromatic carbocycles. The Bertz CT molecular complexity index is 478. The minimum atomic E-state index is -0.969. The summed E-state index contributed by atoms with van der Waals surface area (Å²) in [5, 5.41) is 12.1. The van der Waals surface area contributed by atoms with Crippen molar-refractivity contribution in [1.29, 1.82) is 0 Å². The number of rotatable bonds is 5. The number of carbonyl (C=O) groups excluding carboxylic acids is 1. The fraction of sp³-hybridized carbons (Fsp3) is 0.556. The van der Waals surface area contributed by atoms with E-state index < -0.39 is 12.0 Å². The van der Waals surface area contributed by atoms with Crippen molar-refractivity contribution in [3.63, 3.8) is 0 Å². The van der Waals surface area contributed by atoms with Gasteiger partial charge in [-0.05, 0) is 18.4 Å². The van der Waals surface area contributed by atoms with Crippen LogP contribution in [0.1, 0.15) is 50.5 Å². The topological polar surface area (TPSA) is 66.4 Å². The average Bonchev–Trinajstić information content (AvgIpc) is 2.47. The highest BCUT2D eigenvalue weighted by molar-refractivity contribution is 5.85. The molecule has 4 heteroatoms. The summed E-state index contributed by atoms with van der Waals surface area (Å²) >= 11 is 0. The lowest BCUT2D eigenvalue weighted by atomic mass is 9.90. The van der Waals surface area contributed by atoms with Gasteiger partial charge in [-0.2, -0.15) is 0 Å². The van der Waals surface area contributed by atoms with Gasteiger partial charge >= 0.3 is 5.97 Å². The molecule has 2 N–H and O–H groups in total. The second-order valence-corrected chi connectivity index (χ2v) is 6.13.